The fourth-order valence-electron chi connectivity index (χ4n) is 1.28. The third kappa shape index (κ3) is 5.50. The number of aromatic nitrogens is 1. The second-order valence-electron chi connectivity index (χ2n) is 4.29. The summed E-state index contributed by atoms with van der Waals surface area (Å²) < 4.78 is 4.75. The summed E-state index contributed by atoms with van der Waals surface area (Å²) in [6, 6.07) is 4.96. The molecule has 2 rings (SSSR count). The lowest BCUT2D eigenvalue weighted by Crippen LogP contribution is -1.92. The quantitative estimate of drug-likeness (QED) is 0.521. The number of oxazole rings is 1. The second-order valence-corrected chi connectivity index (χ2v) is 4.73. The first kappa shape index (κ1) is 15.1. The van der Waals surface area contributed by atoms with Gasteiger partial charge in [-0.15, -0.1) is 0 Å². The number of nitrogens with zero attached hydrogens (tertiary/aromatic N) is 3. The van der Waals surface area contributed by atoms with Crippen LogP contribution in [-0.4, -0.2) is 11.5 Å². The van der Waals surface area contributed by atoms with E-state index in [-0.39, 0.29) is 0 Å². The molecule has 0 aliphatic heterocycles. The molecule has 0 unspecified atom stereocenters. The lowest BCUT2D eigenvalue weighted by atomic mass is 10.1. The number of halogens is 1. The summed E-state index contributed by atoms with van der Waals surface area (Å²) in [5.74, 6) is 0.183. The van der Waals surface area contributed by atoms with Crippen LogP contribution in [0.4, 0.5) is 0 Å². The smallest absolute Gasteiger partial charge is 0.408 e. The van der Waals surface area contributed by atoms with Crippen LogP contribution in [0.15, 0.2) is 32.5 Å². The predicted molar refractivity (Wildman–Crippen MR) is 75.3 cm³/mol. The van der Waals surface area contributed by atoms with E-state index in [1.54, 1.807) is 18.2 Å². The number of azide groups is 1. The van der Waals surface area contributed by atoms with Crippen LogP contribution in [0.2, 0.25) is 5.02 Å². The minimum atomic E-state index is -0.456. The first-order valence-electron chi connectivity index (χ1n) is 5.82. The molecule has 1 N–H and O–H groups in total. The van der Waals surface area contributed by atoms with Crippen molar-refractivity contribution in [1.29, 1.82) is 0 Å². The van der Waals surface area contributed by atoms with Crippen molar-refractivity contribution in [3.63, 3.8) is 0 Å². The van der Waals surface area contributed by atoms with Gasteiger partial charge in [-0.1, -0.05) is 30.6 Å². The third-order valence-corrected chi connectivity index (χ3v) is 2.49. The van der Waals surface area contributed by atoms with E-state index in [1.165, 1.54) is 0 Å². The fourth-order valence-corrected chi connectivity index (χ4v) is 1.46. The lowest BCUT2D eigenvalue weighted by molar-refractivity contribution is 0.555. The molecule has 1 aromatic heterocycles. The van der Waals surface area contributed by atoms with Gasteiger partial charge < -0.3 is 4.42 Å². The van der Waals surface area contributed by atoms with E-state index in [9.17, 15) is 4.79 Å². The highest BCUT2D eigenvalue weighted by Crippen LogP contribution is 2.15. The van der Waals surface area contributed by atoms with Gasteiger partial charge in [-0.25, -0.2) is 4.79 Å². The number of benzene rings is 1. The van der Waals surface area contributed by atoms with E-state index in [4.69, 9.17) is 21.5 Å². The highest BCUT2D eigenvalue weighted by atomic mass is 35.5. The van der Waals surface area contributed by atoms with Gasteiger partial charge in [0.2, 0.25) is 0 Å². The Morgan fingerprint density at radius 2 is 2.26 bits per heavy atom. The standard InChI is InChI=1S/C7H4ClNO2.C5H11N3/c8-4-1-2-6-5(3-4)9-7(10)11-6;1-5(2)3-4-7-8-6/h1-3H,(H,9,10);5H,3-4H2,1-2H3. The molecule has 0 saturated heterocycles. The first-order valence-corrected chi connectivity index (χ1v) is 6.20. The number of fused-ring (bicyclic) bond motifs is 1. The average molecular weight is 283 g/mol. The zero-order valence-electron chi connectivity index (χ0n) is 10.8. The van der Waals surface area contributed by atoms with Crippen molar-refractivity contribution in [2.45, 2.75) is 20.3 Å². The molecular weight excluding hydrogens is 268 g/mol. The molecule has 0 aliphatic rings. The van der Waals surface area contributed by atoms with Gasteiger partial charge in [-0.2, -0.15) is 0 Å². The maximum atomic E-state index is 10.6. The molecule has 102 valence electrons. The van der Waals surface area contributed by atoms with Crippen molar-refractivity contribution in [2.24, 2.45) is 11.0 Å². The molecule has 2 aromatic rings. The third-order valence-electron chi connectivity index (χ3n) is 2.25. The van der Waals surface area contributed by atoms with E-state index in [0.29, 0.717) is 28.6 Å². The van der Waals surface area contributed by atoms with E-state index in [1.807, 2.05) is 0 Å². The highest BCUT2D eigenvalue weighted by Gasteiger charge is 1.99. The molecule has 0 bridgehead atoms. The van der Waals surface area contributed by atoms with Gasteiger partial charge in [-0.05, 0) is 36.1 Å². The zero-order valence-corrected chi connectivity index (χ0v) is 11.5. The summed E-state index contributed by atoms with van der Waals surface area (Å²) in [7, 11) is 0. The summed E-state index contributed by atoms with van der Waals surface area (Å²) in [6.45, 7) is 4.84. The van der Waals surface area contributed by atoms with Gasteiger partial charge in [0, 0.05) is 16.5 Å². The minimum absolute atomic E-state index is 0.456. The van der Waals surface area contributed by atoms with Crippen molar-refractivity contribution in [3.8, 4) is 0 Å². The normalized spacial score (nSPS) is 9.89. The van der Waals surface area contributed by atoms with Gasteiger partial charge in [0.05, 0.1) is 5.52 Å². The van der Waals surface area contributed by atoms with Crippen LogP contribution in [0, 0.1) is 5.92 Å². The fraction of sp³-hybridized carbons (Fsp3) is 0.417. The summed E-state index contributed by atoms with van der Waals surface area (Å²) in [6.07, 6.45) is 0.990. The van der Waals surface area contributed by atoms with E-state index in [0.717, 1.165) is 6.42 Å². The number of nitrogens with one attached hydrogen (secondary N) is 1. The molecule has 0 radical (unpaired) electrons. The Kier molecular flexibility index (Phi) is 5.99. The maximum Gasteiger partial charge on any atom is 0.417 e. The molecule has 0 spiro atoms. The van der Waals surface area contributed by atoms with Crippen LogP contribution in [0.25, 0.3) is 21.5 Å². The van der Waals surface area contributed by atoms with Crippen molar-refractivity contribution >= 4 is 22.7 Å². The monoisotopic (exact) mass is 282 g/mol. The van der Waals surface area contributed by atoms with Crippen LogP contribution < -0.4 is 5.76 Å². The molecule has 0 saturated carbocycles. The Balaban J connectivity index is 0.000000203. The van der Waals surface area contributed by atoms with E-state index < -0.39 is 5.76 Å². The number of rotatable bonds is 3. The molecule has 7 heteroatoms. The summed E-state index contributed by atoms with van der Waals surface area (Å²) in [4.78, 5) is 15.8. The van der Waals surface area contributed by atoms with Crippen molar-refractivity contribution < 1.29 is 4.42 Å². The number of aromatic amines is 1. The number of hydrogen-bond acceptors (Lipinski definition) is 3. The Morgan fingerprint density at radius 3 is 2.89 bits per heavy atom. The Labute approximate surface area is 115 Å². The highest BCUT2D eigenvalue weighted by molar-refractivity contribution is 6.31. The molecule has 0 amide bonds. The van der Waals surface area contributed by atoms with Crippen LogP contribution in [0.1, 0.15) is 20.3 Å². The molecule has 1 heterocycles. The Morgan fingerprint density at radius 1 is 1.53 bits per heavy atom. The van der Waals surface area contributed by atoms with Crippen molar-refractivity contribution in [1.82, 2.24) is 4.98 Å². The Hall–Kier alpha value is -1.91. The van der Waals surface area contributed by atoms with Crippen LogP contribution >= 0.6 is 11.6 Å². The van der Waals surface area contributed by atoms with Gasteiger partial charge in [0.15, 0.2) is 5.58 Å². The number of H-pyrrole nitrogens is 1. The van der Waals surface area contributed by atoms with Crippen LogP contribution in [0.3, 0.4) is 0 Å². The first-order chi connectivity index (χ1) is 9.02. The largest absolute Gasteiger partial charge is 0.417 e. The van der Waals surface area contributed by atoms with Crippen LogP contribution in [0.5, 0.6) is 0 Å². The van der Waals surface area contributed by atoms with Crippen molar-refractivity contribution in [2.75, 3.05) is 6.54 Å². The topological polar surface area (TPSA) is 94.8 Å². The van der Waals surface area contributed by atoms with Gasteiger partial charge in [0.1, 0.15) is 0 Å². The molecule has 0 atom stereocenters. The summed E-state index contributed by atoms with van der Waals surface area (Å²) >= 11 is 5.66. The molecular formula is C12H15ClN4O2. The molecule has 1 aromatic carbocycles. The lowest BCUT2D eigenvalue weighted by Gasteiger charge is -1.96. The zero-order chi connectivity index (χ0) is 14.3. The SMILES string of the molecule is CC(C)CCN=[N+]=[N-].O=c1[nH]c2cc(Cl)ccc2o1. The summed E-state index contributed by atoms with van der Waals surface area (Å²) in [5.41, 5.74) is 8.99. The van der Waals surface area contributed by atoms with Gasteiger partial charge in [0.25, 0.3) is 0 Å². The van der Waals surface area contributed by atoms with Gasteiger partial charge in [-0.3, -0.25) is 4.98 Å². The summed E-state index contributed by atoms with van der Waals surface area (Å²) in [5, 5.41) is 3.97. The molecule has 0 fully saturated rings. The minimum Gasteiger partial charge on any atom is -0.408 e. The van der Waals surface area contributed by atoms with E-state index >= 15 is 0 Å². The average Bonchev–Trinajstić information content (AvgIpc) is 2.69. The Bertz CT molecular complexity index is 626. The molecule has 19 heavy (non-hydrogen) atoms. The van der Waals surface area contributed by atoms with Gasteiger partial charge >= 0.3 is 5.76 Å². The second kappa shape index (κ2) is 7.51. The molecule has 0 aliphatic carbocycles. The van der Waals surface area contributed by atoms with Crippen LogP contribution in [-0.2, 0) is 0 Å². The molecule has 6 nitrogen and oxygen atoms in total. The van der Waals surface area contributed by atoms with E-state index in [2.05, 4.69) is 28.9 Å². The maximum absolute atomic E-state index is 10.6. The van der Waals surface area contributed by atoms with Crippen molar-refractivity contribution in [3.05, 3.63) is 44.2 Å². The predicted octanol–water partition coefficient (Wildman–Crippen LogP) is 4.12. The number of hydrogen-bond donors (Lipinski definition) is 1.